The maximum atomic E-state index is 10.3. The van der Waals surface area contributed by atoms with E-state index in [9.17, 15) is 5.11 Å². The van der Waals surface area contributed by atoms with Gasteiger partial charge in [0.15, 0.2) is 0 Å². The normalized spacial score (nSPS) is 30.6. The first-order valence-corrected chi connectivity index (χ1v) is 8.21. The van der Waals surface area contributed by atoms with Crippen LogP contribution in [0.25, 0.3) is 0 Å². The molecule has 0 heterocycles. The summed E-state index contributed by atoms with van der Waals surface area (Å²) in [6.45, 7) is 16.0. The molecule has 1 aliphatic rings. The molecule has 0 radical (unpaired) electrons. The molecule has 114 valence electrons. The predicted octanol–water partition coefficient (Wildman–Crippen LogP) is 3.93. The van der Waals surface area contributed by atoms with Crippen molar-refractivity contribution in [2.45, 2.75) is 79.4 Å². The zero-order valence-corrected chi connectivity index (χ0v) is 13.9. The van der Waals surface area contributed by atoms with Crippen LogP contribution in [0.5, 0.6) is 0 Å². The molecule has 0 aromatic heterocycles. The Morgan fingerprint density at radius 1 is 1.21 bits per heavy atom. The van der Waals surface area contributed by atoms with E-state index in [1.54, 1.807) is 0 Å². The molecule has 19 heavy (non-hydrogen) atoms. The maximum Gasteiger partial charge on any atom is 0.0580 e. The molecular formula is C17H35NO. The van der Waals surface area contributed by atoms with E-state index in [1.165, 1.54) is 19.3 Å². The van der Waals surface area contributed by atoms with Crippen molar-refractivity contribution in [1.82, 2.24) is 4.90 Å². The third-order valence-corrected chi connectivity index (χ3v) is 5.26. The van der Waals surface area contributed by atoms with Crippen molar-refractivity contribution in [2.24, 2.45) is 17.3 Å². The average molecular weight is 269 g/mol. The van der Waals surface area contributed by atoms with Gasteiger partial charge in [0.1, 0.15) is 0 Å². The van der Waals surface area contributed by atoms with Crippen molar-refractivity contribution >= 4 is 0 Å². The second kappa shape index (κ2) is 7.08. The summed E-state index contributed by atoms with van der Waals surface area (Å²) < 4.78 is 0. The lowest BCUT2D eigenvalue weighted by Gasteiger charge is -2.42. The molecule has 1 saturated carbocycles. The summed E-state index contributed by atoms with van der Waals surface area (Å²) in [5, 5.41) is 10.3. The second-order valence-corrected chi connectivity index (χ2v) is 7.55. The predicted molar refractivity (Wildman–Crippen MR) is 83.3 cm³/mol. The molecule has 0 aromatic carbocycles. The van der Waals surface area contributed by atoms with E-state index in [-0.39, 0.29) is 6.10 Å². The van der Waals surface area contributed by atoms with Crippen LogP contribution in [0.3, 0.4) is 0 Å². The third kappa shape index (κ3) is 4.75. The van der Waals surface area contributed by atoms with Gasteiger partial charge in [0.2, 0.25) is 0 Å². The Morgan fingerprint density at radius 3 is 2.32 bits per heavy atom. The zero-order chi connectivity index (χ0) is 14.6. The Labute approximate surface area is 120 Å². The summed E-state index contributed by atoms with van der Waals surface area (Å²) in [6.07, 6.45) is 4.48. The smallest absolute Gasteiger partial charge is 0.0580 e. The zero-order valence-electron chi connectivity index (χ0n) is 13.9. The Bertz CT molecular complexity index is 258. The number of hydrogen-bond donors (Lipinski definition) is 1. The van der Waals surface area contributed by atoms with Gasteiger partial charge >= 0.3 is 0 Å². The van der Waals surface area contributed by atoms with E-state index in [0.717, 1.165) is 25.4 Å². The van der Waals surface area contributed by atoms with Crippen molar-refractivity contribution in [3.8, 4) is 0 Å². The lowest BCUT2D eigenvalue weighted by molar-refractivity contribution is -0.00147. The molecular weight excluding hydrogens is 234 g/mol. The Balaban J connectivity index is 2.64. The third-order valence-electron chi connectivity index (χ3n) is 5.26. The summed E-state index contributed by atoms with van der Waals surface area (Å²) in [4.78, 5) is 2.54. The van der Waals surface area contributed by atoms with Gasteiger partial charge in [0.05, 0.1) is 6.10 Å². The van der Waals surface area contributed by atoms with Gasteiger partial charge in [-0.05, 0) is 56.4 Å². The number of aliphatic hydroxyl groups excluding tert-OH is 1. The van der Waals surface area contributed by atoms with Crippen molar-refractivity contribution in [2.75, 3.05) is 13.1 Å². The van der Waals surface area contributed by atoms with Crippen LogP contribution in [-0.2, 0) is 0 Å². The lowest BCUT2D eigenvalue weighted by atomic mass is 9.68. The maximum absolute atomic E-state index is 10.3. The number of hydrogen-bond acceptors (Lipinski definition) is 2. The Hall–Kier alpha value is -0.0800. The largest absolute Gasteiger partial charge is 0.393 e. The highest BCUT2D eigenvalue weighted by atomic mass is 16.3. The molecule has 0 aromatic rings. The van der Waals surface area contributed by atoms with Gasteiger partial charge in [-0.1, -0.05) is 34.6 Å². The van der Waals surface area contributed by atoms with Crippen LogP contribution in [0.1, 0.15) is 67.2 Å². The molecule has 2 heteroatoms. The minimum absolute atomic E-state index is 0.0864. The van der Waals surface area contributed by atoms with Gasteiger partial charge in [-0.3, -0.25) is 0 Å². The van der Waals surface area contributed by atoms with Gasteiger partial charge in [-0.25, -0.2) is 0 Å². The van der Waals surface area contributed by atoms with Gasteiger partial charge in [0, 0.05) is 12.6 Å². The highest BCUT2D eigenvalue weighted by Crippen LogP contribution is 2.40. The summed E-state index contributed by atoms with van der Waals surface area (Å²) >= 11 is 0. The van der Waals surface area contributed by atoms with Crippen LogP contribution in [-0.4, -0.2) is 35.2 Å². The first kappa shape index (κ1) is 17.0. The minimum atomic E-state index is -0.0864. The molecule has 1 aliphatic carbocycles. The molecule has 1 rings (SSSR count). The molecule has 2 nitrogen and oxygen atoms in total. The first-order valence-electron chi connectivity index (χ1n) is 8.21. The fraction of sp³-hybridized carbons (Fsp3) is 1.00. The quantitative estimate of drug-likeness (QED) is 0.817. The molecule has 1 N–H and O–H groups in total. The van der Waals surface area contributed by atoms with Crippen LogP contribution in [0.4, 0.5) is 0 Å². The van der Waals surface area contributed by atoms with Crippen LogP contribution < -0.4 is 0 Å². The van der Waals surface area contributed by atoms with E-state index < -0.39 is 0 Å². The van der Waals surface area contributed by atoms with E-state index >= 15 is 0 Å². The number of nitrogens with zero attached hydrogens (tertiary/aromatic N) is 1. The number of rotatable bonds is 5. The van der Waals surface area contributed by atoms with Crippen LogP contribution in [0.2, 0.25) is 0 Å². The van der Waals surface area contributed by atoms with Crippen LogP contribution >= 0.6 is 0 Å². The van der Waals surface area contributed by atoms with Gasteiger partial charge in [-0.15, -0.1) is 0 Å². The molecule has 4 atom stereocenters. The highest BCUT2D eigenvalue weighted by molar-refractivity contribution is 4.87. The fourth-order valence-electron chi connectivity index (χ4n) is 3.41. The monoisotopic (exact) mass is 269 g/mol. The molecule has 1 fully saturated rings. The van der Waals surface area contributed by atoms with Crippen molar-refractivity contribution in [3.05, 3.63) is 0 Å². The average Bonchev–Trinajstić information content (AvgIpc) is 2.35. The van der Waals surface area contributed by atoms with Crippen LogP contribution in [0, 0.1) is 17.3 Å². The molecule has 0 amide bonds. The van der Waals surface area contributed by atoms with E-state index in [1.807, 2.05) is 0 Å². The molecule has 0 aliphatic heterocycles. The topological polar surface area (TPSA) is 23.5 Å². The number of aliphatic hydroxyl groups is 1. The Kier molecular flexibility index (Phi) is 6.32. The summed E-state index contributed by atoms with van der Waals surface area (Å²) in [6, 6.07) is 0.632. The second-order valence-electron chi connectivity index (χ2n) is 7.55. The fourth-order valence-corrected chi connectivity index (χ4v) is 3.41. The molecule has 0 bridgehead atoms. The molecule has 0 saturated heterocycles. The van der Waals surface area contributed by atoms with E-state index in [2.05, 4.69) is 46.4 Å². The highest BCUT2D eigenvalue weighted by Gasteiger charge is 2.35. The van der Waals surface area contributed by atoms with Gasteiger partial charge in [-0.2, -0.15) is 0 Å². The van der Waals surface area contributed by atoms with Gasteiger partial charge < -0.3 is 10.0 Å². The minimum Gasteiger partial charge on any atom is -0.393 e. The summed E-state index contributed by atoms with van der Waals surface area (Å²) in [5.74, 6) is 1.23. The lowest BCUT2D eigenvalue weighted by Crippen LogP contribution is -2.44. The molecule has 0 spiro atoms. The van der Waals surface area contributed by atoms with Crippen molar-refractivity contribution < 1.29 is 5.11 Å². The summed E-state index contributed by atoms with van der Waals surface area (Å²) in [5.41, 5.74) is 0.381. The molecule has 4 unspecified atom stereocenters. The Morgan fingerprint density at radius 2 is 1.84 bits per heavy atom. The summed E-state index contributed by atoms with van der Waals surface area (Å²) in [7, 11) is 0. The first-order chi connectivity index (χ1) is 8.79. The van der Waals surface area contributed by atoms with E-state index in [4.69, 9.17) is 0 Å². The van der Waals surface area contributed by atoms with Gasteiger partial charge in [0.25, 0.3) is 0 Å². The van der Waals surface area contributed by atoms with Crippen molar-refractivity contribution in [1.29, 1.82) is 0 Å². The SMILES string of the molecule is CCC(C)N(CC)CC1CC(C(C)(C)C)CCC1O. The van der Waals surface area contributed by atoms with Crippen LogP contribution in [0.15, 0.2) is 0 Å². The van der Waals surface area contributed by atoms with Crippen molar-refractivity contribution in [3.63, 3.8) is 0 Å². The standard InChI is InChI=1S/C17H35NO/c1-7-13(3)18(8-2)12-14-11-15(17(4,5)6)9-10-16(14)19/h13-16,19H,7-12H2,1-6H3. The van der Waals surface area contributed by atoms with E-state index in [0.29, 0.717) is 17.4 Å².